The molecule has 0 spiro atoms. The minimum Gasteiger partial charge on any atom is -0.390 e. The highest BCUT2D eigenvalue weighted by Crippen LogP contribution is 2.12. The number of alkyl halides is 1. The van der Waals surface area contributed by atoms with Crippen LogP contribution in [-0.4, -0.2) is 27.3 Å². The van der Waals surface area contributed by atoms with Crippen LogP contribution in [0.25, 0.3) is 0 Å². The first kappa shape index (κ1) is 17.6. The zero-order chi connectivity index (χ0) is 12.5. The van der Waals surface area contributed by atoms with Crippen molar-refractivity contribution in [2.45, 2.75) is 71.5 Å². The standard InChI is InChI=1S/C8H18O.C4H9ClO/c1-4-5-6-7-8(2,3)9;1-4(2,6)3-5/h9H,4-7H2,1-3H3;6H,3H2,1-2H3. The summed E-state index contributed by atoms with van der Waals surface area (Å²) in [5, 5.41) is 17.9. The first-order valence-corrected chi connectivity index (χ1v) is 6.16. The first-order chi connectivity index (χ1) is 6.62. The summed E-state index contributed by atoms with van der Waals surface area (Å²) in [6, 6.07) is 0. The van der Waals surface area contributed by atoms with Gasteiger partial charge in [0, 0.05) is 0 Å². The lowest BCUT2D eigenvalue weighted by atomic mass is 10.0. The summed E-state index contributed by atoms with van der Waals surface area (Å²) < 4.78 is 0. The van der Waals surface area contributed by atoms with Crippen molar-refractivity contribution in [3.8, 4) is 0 Å². The second kappa shape index (κ2) is 8.37. The van der Waals surface area contributed by atoms with Crippen LogP contribution in [0.15, 0.2) is 0 Å². The first-order valence-electron chi connectivity index (χ1n) is 5.63. The molecule has 2 nitrogen and oxygen atoms in total. The Morgan fingerprint density at radius 3 is 1.53 bits per heavy atom. The number of halogens is 1. The van der Waals surface area contributed by atoms with Crippen LogP contribution in [0.5, 0.6) is 0 Å². The Labute approximate surface area is 99.7 Å². The van der Waals surface area contributed by atoms with Crippen LogP contribution in [-0.2, 0) is 0 Å². The van der Waals surface area contributed by atoms with Gasteiger partial charge in [0.15, 0.2) is 0 Å². The van der Waals surface area contributed by atoms with Crippen LogP contribution in [0.3, 0.4) is 0 Å². The van der Waals surface area contributed by atoms with Gasteiger partial charge in [-0.25, -0.2) is 0 Å². The van der Waals surface area contributed by atoms with E-state index >= 15 is 0 Å². The third-order valence-electron chi connectivity index (χ3n) is 1.72. The van der Waals surface area contributed by atoms with E-state index in [0.29, 0.717) is 5.88 Å². The molecule has 0 saturated carbocycles. The van der Waals surface area contributed by atoms with E-state index in [1.807, 2.05) is 13.8 Å². The van der Waals surface area contributed by atoms with E-state index in [2.05, 4.69) is 6.92 Å². The van der Waals surface area contributed by atoms with Crippen molar-refractivity contribution in [2.24, 2.45) is 0 Å². The van der Waals surface area contributed by atoms with E-state index in [1.165, 1.54) is 12.8 Å². The molecule has 0 bridgehead atoms. The predicted molar refractivity (Wildman–Crippen MR) is 67.5 cm³/mol. The highest BCUT2D eigenvalue weighted by atomic mass is 35.5. The lowest BCUT2D eigenvalue weighted by Crippen LogP contribution is -2.19. The molecule has 2 N–H and O–H groups in total. The molecule has 0 aliphatic heterocycles. The fourth-order valence-electron chi connectivity index (χ4n) is 0.808. The van der Waals surface area contributed by atoms with E-state index in [1.54, 1.807) is 13.8 Å². The van der Waals surface area contributed by atoms with Gasteiger partial charge < -0.3 is 10.2 Å². The minimum atomic E-state index is -0.693. The minimum absolute atomic E-state index is 0.299. The Kier molecular flexibility index (Phi) is 9.82. The fourth-order valence-corrected chi connectivity index (χ4v) is 0.808. The Balaban J connectivity index is 0. The molecule has 0 amide bonds. The van der Waals surface area contributed by atoms with Crippen molar-refractivity contribution in [1.82, 2.24) is 0 Å². The van der Waals surface area contributed by atoms with E-state index in [-0.39, 0.29) is 0 Å². The van der Waals surface area contributed by atoms with Gasteiger partial charge in [-0.15, -0.1) is 11.6 Å². The number of hydrogen-bond donors (Lipinski definition) is 2. The molecule has 0 aliphatic rings. The van der Waals surface area contributed by atoms with E-state index in [0.717, 1.165) is 12.8 Å². The quantitative estimate of drug-likeness (QED) is 0.570. The molecular weight excluding hydrogens is 212 g/mol. The lowest BCUT2D eigenvalue weighted by Gasteiger charge is -2.15. The number of aliphatic hydroxyl groups is 2. The Hall–Kier alpha value is 0.210. The predicted octanol–water partition coefficient (Wildman–Crippen LogP) is 3.33. The monoisotopic (exact) mass is 238 g/mol. The van der Waals surface area contributed by atoms with Crippen LogP contribution in [0.1, 0.15) is 60.3 Å². The zero-order valence-corrected chi connectivity index (χ0v) is 11.6. The summed E-state index contributed by atoms with van der Waals surface area (Å²) in [5.41, 5.74) is -1.14. The van der Waals surface area contributed by atoms with Crippen molar-refractivity contribution in [3.63, 3.8) is 0 Å². The molecule has 3 heteroatoms. The molecule has 0 atom stereocenters. The molecule has 0 unspecified atom stereocenters. The van der Waals surface area contributed by atoms with Gasteiger partial charge in [-0.3, -0.25) is 0 Å². The summed E-state index contributed by atoms with van der Waals surface area (Å²) >= 11 is 5.23. The molecule has 0 fully saturated rings. The van der Waals surface area contributed by atoms with Gasteiger partial charge in [0.2, 0.25) is 0 Å². The molecule has 0 radical (unpaired) electrons. The van der Waals surface area contributed by atoms with Crippen LogP contribution in [0.4, 0.5) is 0 Å². The molecule has 0 aromatic heterocycles. The van der Waals surface area contributed by atoms with Crippen LogP contribution < -0.4 is 0 Å². The van der Waals surface area contributed by atoms with Crippen LogP contribution in [0, 0.1) is 0 Å². The summed E-state index contributed by atoms with van der Waals surface area (Å²) in [4.78, 5) is 0. The van der Waals surface area contributed by atoms with Gasteiger partial charge in [0.25, 0.3) is 0 Å². The van der Waals surface area contributed by atoms with Crippen LogP contribution in [0.2, 0.25) is 0 Å². The topological polar surface area (TPSA) is 40.5 Å². The molecule has 0 aromatic rings. The Morgan fingerprint density at radius 2 is 1.33 bits per heavy atom. The SMILES string of the molecule is CC(C)(O)CCl.CCCCCC(C)(C)O. The highest BCUT2D eigenvalue weighted by Gasteiger charge is 2.10. The van der Waals surface area contributed by atoms with E-state index in [4.69, 9.17) is 16.7 Å². The maximum Gasteiger partial charge on any atom is 0.0726 e. The maximum atomic E-state index is 9.24. The average Bonchev–Trinajstić information content (AvgIpc) is 2.02. The summed E-state index contributed by atoms with van der Waals surface area (Å²) in [7, 11) is 0. The molecule has 94 valence electrons. The zero-order valence-electron chi connectivity index (χ0n) is 10.8. The van der Waals surface area contributed by atoms with Gasteiger partial charge in [-0.1, -0.05) is 26.2 Å². The number of rotatable bonds is 5. The maximum absolute atomic E-state index is 9.24. The normalized spacial score (nSPS) is 12.0. The molecule has 15 heavy (non-hydrogen) atoms. The van der Waals surface area contributed by atoms with Gasteiger partial charge in [-0.2, -0.15) is 0 Å². The van der Waals surface area contributed by atoms with Crippen LogP contribution >= 0.6 is 11.6 Å². The fraction of sp³-hybridized carbons (Fsp3) is 1.00. The van der Waals surface area contributed by atoms with Crippen molar-refractivity contribution >= 4 is 11.6 Å². The van der Waals surface area contributed by atoms with Gasteiger partial charge in [-0.05, 0) is 34.1 Å². The number of hydrogen-bond acceptors (Lipinski definition) is 2. The Bertz CT molecular complexity index is 134. The molecule has 0 heterocycles. The van der Waals surface area contributed by atoms with Crippen molar-refractivity contribution in [3.05, 3.63) is 0 Å². The van der Waals surface area contributed by atoms with Gasteiger partial charge in [0.1, 0.15) is 0 Å². The molecule has 0 aliphatic carbocycles. The molecule has 0 saturated heterocycles. The van der Waals surface area contributed by atoms with E-state index < -0.39 is 11.2 Å². The third-order valence-corrected chi connectivity index (χ3v) is 2.37. The second-order valence-electron chi connectivity index (χ2n) is 5.22. The second-order valence-corrected chi connectivity index (χ2v) is 5.48. The van der Waals surface area contributed by atoms with Crippen molar-refractivity contribution in [2.75, 3.05) is 5.88 Å². The summed E-state index contributed by atoms with van der Waals surface area (Å²) in [5.74, 6) is 0.299. The highest BCUT2D eigenvalue weighted by molar-refractivity contribution is 6.18. The van der Waals surface area contributed by atoms with Crippen molar-refractivity contribution < 1.29 is 10.2 Å². The molecular formula is C12H27ClO2. The van der Waals surface area contributed by atoms with Crippen molar-refractivity contribution in [1.29, 1.82) is 0 Å². The van der Waals surface area contributed by atoms with E-state index in [9.17, 15) is 5.11 Å². The molecule has 0 rings (SSSR count). The van der Waals surface area contributed by atoms with Gasteiger partial charge >= 0.3 is 0 Å². The number of unbranched alkanes of at least 4 members (excludes halogenated alkanes) is 2. The lowest BCUT2D eigenvalue weighted by molar-refractivity contribution is 0.0682. The molecule has 0 aromatic carbocycles. The Morgan fingerprint density at radius 1 is 0.933 bits per heavy atom. The smallest absolute Gasteiger partial charge is 0.0726 e. The summed E-state index contributed by atoms with van der Waals surface area (Å²) in [6.07, 6.45) is 4.56. The third kappa shape index (κ3) is 25.0. The average molecular weight is 239 g/mol. The summed E-state index contributed by atoms with van der Waals surface area (Å²) in [6.45, 7) is 9.23. The van der Waals surface area contributed by atoms with Gasteiger partial charge in [0.05, 0.1) is 17.1 Å². The largest absolute Gasteiger partial charge is 0.390 e.